The van der Waals surface area contributed by atoms with E-state index >= 15 is 0 Å². The maximum atomic E-state index is 10.8. The van der Waals surface area contributed by atoms with Gasteiger partial charge in [-0.3, -0.25) is 0 Å². The lowest BCUT2D eigenvalue weighted by molar-refractivity contribution is 0.0686. The summed E-state index contributed by atoms with van der Waals surface area (Å²) in [4.78, 5) is 10.8. The first-order valence-corrected chi connectivity index (χ1v) is 5.94. The Morgan fingerprint density at radius 3 is 2.53 bits per heavy atom. The van der Waals surface area contributed by atoms with Crippen molar-refractivity contribution in [1.29, 1.82) is 0 Å². The molecule has 2 rings (SSSR count). The predicted molar refractivity (Wildman–Crippen MR) is 69.4 cm³/mol. The van der Waals surface area contributed by atoms with E-state index in [1.54, 1.807) is 6.07 Å². The van der Waals surface area contributed by atoms with Crippen molar-refractivity contribution in [3.63, 3.8) is 0 Å². The van der Waals surface area contributed by atoms with Crippen LogP contribution in [0.1, 0.15) is 41.4 Å². The molecule has 0 bridgehead atoms. The van der Waals surface area contributed by atoms with Crippen molar-refractivity contribution >= 4 is 5.97 Å². The maximum absolute atomic E-state index is 10.8. The number of hydrogen-bond acceptors (Lipinski definition) is 4. The number of hydrogen-bond donors (Lipinski definition) is 2. The third kappa shape index (κ3) is 2.45. The first-order chi connectivity index (χ1) is 8.90. The Balaban J connectivity index is 2.54. The molecule has 1 aromatic carbocycles. The lowest BCUT2D eigenvalue weighted by Gasteiger charge is -2.12. The van der Waals surface area contributed by atoms with Gasteiger partial charge in [0.15, 0.2) is 11.5 Å². The van der Waals surface area contributed by atoms with Crippen molar-refractivity contribution in [1.82, 2.24) is 5.16 Å². The average Bonchev–Trinajstić information content (AvgIpc) is 2.77. The molecule has 0 radical (unpaired) electrons. The fourth-order valence-corrected chi connectivity index (χ4v) is 2.03. The molecule has 5 nitrogen and oxygen atoms in total. The quantitative estimate of drug-likeness (QED) is 0.886. The maximum Gasteiger partial charge on any atom is 0.358 e. The number of phenolic OH excluding ortho intramolecular Hbond substituents is 1. The number of carboxylic acid groups (broad SMARTS) is 1. The van der Waals surface area contributed by atoms with Gasteiger partial charge in [0.25, 0.3) is 0 Å². The summed E-state index contributed by atoms with van der Waals surface area (Å²) in [5.74, 6) is -0.571. The number of aryl methyl sites for hydroxylation is 1. The summed E-state index contributed by atoms with van der Waals surface area (Å²) in [6.07, 6.45) is 0. The molecular weight excluding hydrogens is 246 g/mol. The Morgan fingerprint density at radius 1 is 1.32 bits per heavy atom. The van der Waals surface area contributed by atoms with E-state index in [4.69, 9.17) is 9.63 Å². The van der Waals surface area contributed by atoms with Crippen LogP contribution >= 0.6 is 0 Å². The molecule has 2 aromatic rings. The molecule has 1 heterocycles. The fourth-order valence-electron chi connectivity index (χ4n) is 2.03. The molecule has 5 heteroatoms. The number of nitrogens with zero attached hydrogens (tertiary/aromatic N) is 1. The number of phenols is 1. The van der Waals surface area contributed by atoms with Crippen molar-refractivity contribution < 1.29 is 19.5 Å². The Hall–Kier alpha value is -2.30. The molecule has 0 spiro atoms. The molecule has 0 aliphatic carbocycles. The minimum absolute atomic E-state index is 0.0509. The molecule has 19 heavy (non-hydrogen) atoms. The van der Waals surface area contributed by atoms with E-state index < -0.39 is 5.97 Å². The number of aromatic hydroxyl groups is 1. The summed E-state index contributed by atoms with van der Waals surface area (Å²) < 4.78 is 4.98. The first-order valence-electron chi connectivity index (χ1n) is 5.94. The van der Waals surface area contributed by atoms with Gasteiger partial charge in [-0.1, -0.05) is 19.0 Å². The molecule has 0 aliphatic rings. The molecule has 0 unspecified atom stereocenters. The lowest BCUT2D eigenvalue weighted by atomic mass is 9.94. The van der Waals surface area contributed by atoms with E-state index in [0.717, 1.165) is 11.1 Å². The van der Waals surface area contributed by atoms with Crippen molar-refractivity contribution in [2.45, 2.75) is 26.7 Å². The van der Waals surface area contributed by atoms with Gasteiger partial charge in [-0.2, -0.15) is 0 Å². The highest BCUT2D eigenvalue weighted by atomic mass is 16.5. The molecule has 2 N–H and O–H groups in total. The van der Waals surface area contributed by atoms with E-state index in [0.29, 0.717) is 11.5 Å². The number of carboxylic acids is 1. The molecule has 0 aliphatic heterocycles. The molecule has 0 fully saturated rings. The van der Waals surface area contributed by atoms with E-state index in [2.05, 4.69) is 5.16 Å². The van der Waals surface area contributed by atoms with Gasteiger partial charge in [0.05, 0.1) is 5.56 Å². The topological polar surface area (TPSA) is 83.6 Å². The molecule has 0 saturated carbocycles. The lowest BCUT2D eigenvalue weighted by Crippen LogP contribution is -1.95. The van der Waals surface area contributed by atoms with E-state index in [9.17, 15) is 9.90 Å². The Bertz CT molecular complexity index is 628. The monoisotopic (exact) mass is 261 g/mol. The molecule has 100 valence electrons. The Morgan fingerprint density at radius 2 is 2.00 bits per heavy atom. The summed E-state index contributed by atoms with van der Waals surface area (Å²) in [5, 5.41) is 22.2. The minimum Gasteiger partial charge on any atom is -0.507 e. The third-order valence-electron chi connectivity index (χ3n) is 3.00. The molecule has 0 saturated heterocycles. The SMILES string of the molecule is Cc1cc(O)c(-c2cc(C(=O)O)no2)cc1C(C)C. The number of aromatic nitrogens is 1. The summed E-state index contributed by atoms with van der Waals surface area (Å²) in [6, 6.07) is 4.76. The number of rotatable bonds is 3. The zero-order chi connectivity index (χ0) is 14.2. The number of benzene rings is 1. The van der Waals surface area contributed by atoms with Crippen molar-refractivity contribution in [2.24, 2.45) is 0 Å². The van der Waals surface area contributed by atoms with Crippen LogP contribution in [-0.4, -0.2) is 21.3 Å². The average molecular weight is 261 g/mol. The van der Waals surface area contributed by atoms with Gasteiger partial charge in [0.2, 0.25) is 0 Å². The molecule has 0 amide bonds. The van der Waals surface area contributed by atoms with Gasteiger partial charge in [0, 0.05) is 6.07 Å². The summed E-state index contributed by atoms with van der Waals surface area (Å²) in [5.41, 5.74) is 2.32. The molecular formula is C14H15NO4. The van der Waals surface area contributed by atoms with Crippen molar-refractivity contribution in [3.05, 3.63) is 35.0 Å². The first kappa shape index (κ1) is 13.1. The largest absolute Gasteiger partial charge is 0.507 e. The normalized spacial score (nSPS) is 10.9. The van der Waals surface area contributed by atoms with Gasteiger partial charge in [-0.05, 0) is 36.1 Å². The standard InChI is InChI=1S/C14H15NO4/c1-7(2)9-5-10(12(16)4-8(9)3)13-6-11(14(17)18)15-19-13/h4-7,16H,1-3H3,(H,17,18). The highest BCUT2D eigenvalue weighted by molar-refractivity contribution is 5.86. The van der Waals surface area contributed by atoms with Gasteiger partial charge >= 0.3 is 5.97 Å². The van der Waals surface area contributed by atoms with E-state index in [1.165, 1.54) is 6.07 Å². The van der Waals surface area contributed by atoms with Crippen LogP contribution in [0.25, 0.3) is 11.3 Å². The van der Waals surface area contributed by atoms with Gasteiger partial charge in [-0.25, -0.2) is 4.79 Å². The smallest absolute Gasteiger partial charge is 0.358 e. The highest BCUT2D eigenvalue weighted by Crippen LogP contribution is 2.34. The van der Waals surface area contributed by atoms with Crippen molar-refractivity contribution in [2.75, 3.05) is 0 Å². The van der Waals surface area contributed by atoms with Crippen LogP contribution in [0.3, 0.4) is 0 Å². The minimum atomic E-state index is -1.16. The third-order valence-corrected chi connectivity index (χ3v) is 3.00. The van der Waals surface area contributed by atoms with Crippen LogP contribution in [0.15, 0.2) is 22.7 Å². The van der Waals surface area contributed by atoms with Crippen LogP contribution in [0.2, 0.25) is 0 Å². The number of aromatic carboxylic acids is 1. The summed E-state index contributed by atoms with van der Waals surface area (Å²) >= 11 is 0. The Kier molecular flexibility index (Phi) is 3.29. The zero-order valence-electron chi connectivity index (χ0n) is 11.0. The number of carbonyl (C=O) groups is 1. The van der Waals surface area contributed by atoms with Crippen LogP contribution in [0.4, 0.5) is 0 Å². The van der Waals surface area contributed by atoms with E-state index in [1.807, 2.05) is 26.8 Å². The van der Waals surface area contributed by atoms with Crippen molar-refractivity contribution in [3.8, 4) is 17.1 Å². The summed E-state index contributed by atoms with van der Waals surface area (Å²) in [6.45, 7) is 6.01. The van der Waals surface area contributed by atoms with Crippen LogP contribution < -0.4 is 0 Å². The second kappa shape index (κ2) is 4.76. The van der Waals surface area contributed by atoms with Crippen LogP contribution in [0.5, 0.6) is 5.75 Å². The molecule has 0 atom stereocenters. The fraction of sp³-hybridized carbons (Fsp3) is 0.286. The second-order valence-electron chi connectivity index (χ2n) is 4.76. The predicted octanol–water partition coefficient (Wildman–Crippen LogP) is 3.18. The highest BCUT2D eigenvalue weighted by Gasteiger charge is 2.17. The second-order valence-corrected chi connectivity index (χ2v) is 4.76. The molecule has 1 aromatic heterocycles. The summed E-state index contributed by atoms with van der Waals surface area (Å²) in [7, 11) is 0. The van der Waals surface area contributed by atoms with Gasteiger partial charge in [-0.15, -0.1) is 0 Å². The van der Waals surface area contributed by atoms with Gasteiger partial charge < -0.3 is 14.7 Å². The zero-order valence-corrected chi connectivity index (χ0v) is 11.0. The van der Waals surface area contributed by atoms with Gasteiger partial charge in [0.1, 0.15) is 5.75 Å². The van der Waals surface area contributed by atoms with E-state index in [-0.39, 0.29) is 17.2 Å². The van der Waals surface area contributed by atoms with Crippen LogP contribution in [-0.2, 0) is 0 Å². The van der Waals surface area contributed by atoms with Crippen LogP contribution in [0, 0.1) is 6.92 Å². The Labute approximate surface area is 110 Å².